The molecule has 1 aliphatic rings. The molecule has 2 N–H and O–H groups in total. The van der Waals surface area contributed by atoms with E-state index >= 15 is 0 Å². The van der Waals surface area contributed by atoms with Crippen molar-refractivity contribution in [1.82, 2.24) is 10.6 Å². The number of benzene rings is 1. The predicted octanol–water partition coefficient (Wildman–Crippen LogP) is 3.05. The fourth-order valence-corrected chi connectivity index (χ4v) is 3.32. The number of rotatable bonds is 6. The van der Waals surface area contributed by atoms with Gasteiger partial charge in [-0.15, -0.1) is 0 Å². The molecule has 7 nitrogen and oxygen atoms in total. The molecule has 0 saturated carbocycles. The van der Waals surface area contributed by atoms with Gasteiger partial charge in [0.25, 0.3) is 0 Å². The highest BCUT2D eigenvalue weighted by Crippen LogP contribution is 2.42. The molecule has 2 amide bonds. The van der Waals surface area contributed by atoms with Crippen molar-refractivity contribution in [1.29, 1.82) is 0 Å². The highest BCUT2D eigenvalue weighted by Gasteiger charge is 2.34. The molecular weight excluding hydrogens is 392 g/mol. The second-order valence-electron chi connectivity index (χ2n) is 5.41. The van der Waals surface area contributed by atoms with Crippen molar-refractivity contribution in [2.45, 2.75) is 26.3 Å². The molecule has 0 aliphatic carbocycles. The molecule has 1 aliphatic heterocycles. The standard InChI is InChI=1S/C17H21BrN2O5/c1-5-8-25-16(21)12-9(2)19-17(22)20-14(12)10-6-7-11(23-3)15(24-4)13(10)18/h6-7,14H,5,8H2,1-4H3,(H2,19,20,22). The molecule has 1 heterocycles. The predicted molar refractivity (Wildman–Crippen MR) is 95.6 cm³/mol. The normalized spacial score (nSPS) is 16.8. The van der Waals surface area contributed by atoms with Gasteiger partial charge in [-0.25, -0.2) is 9.59 Å². The molecule has 0 aromatic heterocycles. The Morgan fingerprint density at radius 2 is 2.00 bits per heavy atom. The first-order valence-electron chi connectivity index (χ1n) is 7.80. The van der Waals surface area contributed by atoms with Crippen molar-refractivity contribution in [3.05, 3.63) is 33.4 Å². The zero-order valence-corrected chi connectivity index (χ0v) is 16.2. The Labute approximate surface area is 154 Å². The van der Waals surface area contributed by atoms with Crippen molar-refractivity contribution >= 4 is 27.9 Å². The van der Waals surface area contributed by atoms with Crippen LogP contribution in [0.5, 0.6) is 11.5 Å². The van der Waals surface area contributed by atoms with Crippen molar-refractivity contribution < 1.29 is 23.8 Å². The minimum Gasteiger partial charge on any atom is -0.493 e. The Morgan fingerprint density at radius 3 is 2.60 bits per heavy atom. The van der Waals surface area contributed by atoms with E-state index < -0.39 is 18.0 Å². The van der Waals surface area contributed by atoms with E-state index in [4.69, 9.17) is 14.2 Å². The molecule has 1 atom stereocenters. The van der Waals surface area contributed by atoms with Crippen LogP contribution >= 0.6 is 15.9 Å². The third-order valence-corrected chi connectivity index (χ3v) is 4.57. The summed E-state index contributed by atoms with van der Waals surface area (Å²) in [6, 6.07) is 2.42. The van der Waals surface area contributed by atoms with Crippen LogP contribution in [0.4, 0.5) is 4.79 Å². The third-order valence-electron chi connectivity index (χ3n) is 3.75. The van der Waals surface area contributed by atoms with Crippen LogP contribution in [0.1, 0.15) is 31.9 Å². The van der Waals surface area contributed by atoms with Crippen molar-refractivity contribution in [2.75, 3.05) is 20.8 Å². The van der Waals surface area contributed by atoms with E-state index in [1.54, 1.807) is 19.1 Å². The molecule has 1 unspecified atom stereocenters. The van der Waals surface area contributed by atoms with E-state index in [1.807, 2.05) is 6.92 Å². The Bertz CT molecular complexity index is 717. The number of hydrogen-bond donors (Lipinski definition) is 2. The Hall–Kier alpha value is -2.22. The summed E-state index contributed by atoms with van der Waals surface area (Å²) in [6.45, 7) is 3.89. The number of halogens is 1. The quantitative estimate of drug-likeness (QED) is 0.701. The van der Waals surface area contributed by atoms with Gasteiger partial charge >= 0.3 is 12.0 Å². The summed E-state index contributed by atoms with van der Waals surface area (Å²) in [4.78, 5) is 24.5. The molecule has 1 aromatic carbocycles. The Balaban J connectivity index is 2.52. The van der Waals surface area contributed by atoms with Crippen molar-refractivity contribution in [2.24, 2.45) is 0 Å². The summed E-state index contributed by atoms with van der Waals surface area (Å²) in [5.41, 5.74) is 1.47. The van der Waals surface area contributed by atoms with Gasteiger partial charge in [0.05, 0.1) is 36.9 Å². The first-order valence-corrected chi connectivity index (χ1v) is 8.59. The average molecular weight is 413 g/mol. The lowest BCUT2D eigenvalue weighted by Crippen LogP contribution is -2.45. The maximum Gasteiger partial charge on any atom is 0.338 e. The number of esters is 1. The molecule has 0 spiro atoms. The number of ether oxygens (including phenoxy) is 3. The van der Waals surface area contributed by atoms with Crippen molar-refractivity contribution in [3.63, 3.8) is 0 Å². The van der Waals surface area contributed by atoms with Gasteiger partial charge in [-0.1, -0.05) is 13.0 Å². The van der Waals surface area contributed by atoms with Gasteiger partial charge in [0, 0.05) is 5.70 Å². The van der Waals surface area contributed by atoms with Gasteiger partial charge in [-0.05, 0) is 40.9 Å². The third kappa shape index (κ3) is 3.89. The topological polar surface area (TPSA) is 85.9 Å². The summed E-state index contributed by atoms with van der Waals surface area (Å²) in [6.07, 6.45) is 0.711. The number of carbonyl (C=O) groups is 2. The monoisotopic (exact) mass is 412 g/mol. The molecule has 0 radical (unpaired) electrons. The summed E-state index contributed by atoms with van der Waals surface area (Å²) in [5.74, 6) is 0.541. The zero-order valence-electron chi connectivity index (χ0n) is 14.6. The van der Waals surface area contributed by atoms with E-state index in [9.17, 15) is 9.59 Å². The zero-order chi connectivity index (χ0) is 18.6. The van der Waals surface area contributed by atoms with Crippen LogP contribution in [0.25, 0.3) is 0 Å². The lowest BCUT2D eigenvalue weighted by atomic mass is 9.95. The minimum atomic E-state index is -0.674. The number of carbonyl (C=O) groups excluding carboxylic acids is 2. The first kappa shape index (κ1) is 19.1. The Kier molecular flexibility index (Phi) is 6.30. The molecule has 0 fully saturated rings. The van der Waals surface area contributed by atoms with E-state index in [0.29, 0.717) is 45.8 Å². The number of hydrogen-bond acceptors (Lipinski definition) is 5. The summed E-state index contributed by atoms with van der Waals surface area (Å²) in [5, 5.41) is 5.38. The van der Waals surface area contributed by atoms with Crippen LogP contribution in [0.2, 0.25) is 0 Å². The van der Waals surface area contributed by atoms with E-state index in [2.05, 4.69) is 26.6 Å². The molecule has 0 bridgehead atoms. The number of nitrogens with one attached hydrogen (secondary N) is 2. The van der Waals surface area contributed by atoms with E-state index in [0.717, 1.165) is 0 Å². The van der Waals surface area contributed by atoms with Crippen LogP contribution in [0.3, 0.4) is 0 Å². The van der Waals surface area contributed by atoms with E-state index in [1.165, 1.54) is 14.2 Å². The molecule has 0 saturated heterocycles. The number of urea groups is 1. The van der Waals surface area contributed by atoms with Crippen LogP contribution in [-0.4, -0.2) is 32.8 Å². The fourth-order valence-electron chi connectivity index (χ4n) is 2.60. The Morgan fingerprint density at radius 1 is 1.28 bits per heavy atom. The van der Waals surface area contributed by atoms with Crippen LogP contribution in [-0.2, 0) is 9.53 Å². The first-order chi connectivity index (χ1) is 11.9. The maximum atomic E-state index is 12.5. The molecule has 2 rings (SSSR count). The molecular formula is C17H21BrN2O5. The minimum absolute atomic E-state index is 0.309. The largest absolute Gasteiger partial charge is 0.493 e. The second-order valence-corrected chi connectivity index (χ2v) is 6.20. The summed E-state index contributed by atoms with van der Waals surface area (Å²) in [7, 11) is 3.05. The average Bonchev–Trinajstić information content (AvgIpc) is 2.58. The lowest BCUT2D eigenvalue weighted by molar-refractivity contribution is -0.139. The number of methoxy groups -OCH3 is 2. The summed E-state index contributed by atoms with van der Waals surface area (Å²) >= 11 is 3.49. The van der Waals surface area contributed by atoms with Gasteiger partial charge in [-0.2, -0.15) is 0 Å². The van der Waals surface area contributed by atoms with Crippen LogP contribution in [0, 0.1) is 0 Å². The maximum absolute atomic E-state index is 12.5. The summed E-state index contributed by atoms with van der Waals surface area (Å²) < 4.78 is 16.5. The highest BCUT2D eigenvalue weighted by molar-refractivity contribution is 9.10. The molecule has 25 heavy (non-hydrogen) atoms. The van der Waals surface area contributed by atoms with Crippen molar-refractivity contribution in [3.8, 4) is 11.5 Å². The lowest BCUT2D eigenvalue weighted by Gasteiger charge is -2.29. The van der Waals surface area contributed by atoms with Gasteiger partial charge in [-0.3, -0.25) is 0 Å². The van der Waals surface area contributed by atoms with E-state index in [-0.39, 0.29) is 0 Å². The van der Waals surface area contributed by atoms with Gasteiger partial charge in [0.2, 0.25) is 0 Å². The van der Waals surface area contributed by atoms with Gasteiger partial charge in [0.15, 0.2) is 11.5 Å². The number of allylic oxidation sites excluding steroid dienone is 1. The fraction of sp³-hybridized carbons (Fsp3) is 0.412. The van der Waals surface area contributed by atoms with Crippen LogP contribution in [0.15, 0.2) is 27.9 Å². The SMILES string of the molecule is CCCOC(=O)C1=C(C)NC(=O)NC1c1ccc(OC)c(OC)c1Br. The second kappa shape index (κ2) is 8.24. The smallest absolute Gasteiger partial charge is 0.338 e. The van der Waals surface area contributed by atoms with Gasteiger partial charge in [0.1, 0.15) is 0 Å². The molecule has 8 heteroatoms. The van der Waals surface area contributed by atoms with Gasteiger partial charge < -0.3 is 24.8 Å². The highest BCUT2D eigenvalue weighted by atomic mass is 79.9. The number of amides is 2. The molecule has 1 aromatic rings. The molecule has 136 valence electrons. The van der Waals surface area contributed by atoms with Crippen LogP contribution < -0.4 is 20.1 Å².